The highest BCUT2D eigenvalue weighted by molar-refractivity contribution is 7.22. The van der Waals surface area contributed by atoms with Crippen LogP contribution in [0.1, 0.15) is 11.1 Å². The zero-order valence-electron chi connectivity index (χ0n) is 15.1. The molecule has 0 saturated heterocycles. The van der Waals surface area contributed by atoms with Gasteiger partial charge in [0.2, 0.25) is 0 Å². The minimum absolute atomic E-state index is 0.797. The number of nitrogens with one attached hydrogen (secondary N) is 1. The van der Waals surface area contributed by atoms with E-state index in [4.69, 9.17) is 5.10 Å². The third-order valence-corrected chi connectivity index (χ3v) is 5.96. The molecule has 0 bridgehead atoms. The molecule has 0 fully saturated rings. The molecule has 2 aromatic carbocycles. The number of hydrogen-bond donors (Lipinski definition) is 1. The Kier molecular flexibility index (Phi) is 3.69. The first-order valence-corrected chi connectivity index (χ1v) is 9.67. The minimum atomic E-state index is 0.797. The van der Waals surface area contributed by atoms with Gasteiger partial charge in [0, 0.05) is 10.4 Å². The monoisotopic (exact) mass is 370 g/mol. The van der Waals surface area contributed by atoms with Crippen LogP contribution in [-0.4, -0.2) is 14.6 Å². The average Bonchev–Trinajstić information content (AvgIpc) is 3.28. The molecule has 27 heavy (non-hydrogen) atoms. The van der Waals surface area contributed by atoms with Crippen molar-refractivity contribution in [2.24, 2.45) is 0 Å². The van der Waals surface area contributed by atoms with E-state index < -0.39 is 0 Å². The number of thiophene rings is 1. The van der Waals surface area contributed by atoms with Crippen LogP contribution in [0.3, 0.4) is 0 Å². The first-order valence-electron chi connectivity index (χ1n) is 8.85. The van der Waals surface area contributed by atoms with Crippen LogP contribution < -0.4 is 5.32 Å². The quantitative estimate of drug-likeness (QED) is 0.425. The molecular formula is C22H18N4S. The van der Waals surface area contributed by atoms with E-state index in [2.05, 4.69) is 72.7 Å². The van der Waals surface area contributed by atoms with Crippen molar-refractivity contribution in [1.29, 1.82) is 0 Å². The molecule has 132 valence electrons. The van der Waals surface area contributed by atoms with Gasteiger partial charge in [-0.1, -0.05) is 24.3 Å². The van der Waals surface area contributed by atoms with E-state index in [0.29, 0.717) is 0 Å². The zero-order chi connectivity index (χ0) is 18.4. The number of rotatable bonds is 3. The third-order valence-electron chi connectivity index (χ3n) is 4.82. The van der Waals surface area contributed by atoms with Crippen molar-refractivity contribution in [2.75, 3.05) is 5.32 Å². The molecular weight excluding hydrogens is 352 g/mol. The maximum absolute atomic E-state index is 4.78. The van der Waals surface area contributed by atoms with Crippen LogP contribution in [0.2, 0.25) is 0 Å². The molecule has 0 radical (unpaired) electrons. The van der Waals surface area contributed by atoms with E-state index in [0.717, 1.165) is 22.8 Å². The maximum atomic E-state index is 4.78. The Balaban J connectivity index is 1.56. The average molecular weight is 370 g/mol. The summed E-state index contributed by atoms with van der Waals surface area (Å²) < 4.78 is 3.18. The lowest BCUT2D eigenvalue weighted by atomic mass is 10.1. The summed E-state index contributed by atoms with van der Waals surface area (Å²) in [5, 5.41) is 9.43. The fourth-order valence-electron chi connectivity index (χ4n) is 3.18. The number of aromatic nitrogens is 3. The molecule has 0 aliphatic rings. The summed E-state index contributed by atoms with van der Waals surface area (Å²) in [5.74, 6) is 0.797. The molecule has 0 amide bonds. The number of fused-ring (bicyclic) bond motifs is 2. The first kappa shape index (κ1) is 16.0. The second-order valence-corrected chi connectivity index (χ2v) is 7.79. The second-order valence-electron chi connectivity index (χ2n) is 6.70. The summed E-state index contributed by atoms with van der Waals surface area (Å²) in [6.07, 6.45) is 1.90. The van der Waals surface area contributed by atoms with Crippen molar-refractivity contribution in [3.8, 4) is 10.6 Å². The molecule has 0 aliphatic heterocycles. The van der Waals surface area contributed by atoms with Crippen LogP contribution in [0.4, 0.5) is 11.5 Å². The van der Waals surface area contributed by atoms with Crippen molar-refractivity contribution in [3.63, 3.8) is 0 Å². The minimum Gasteiger partial charge on any atom is -0.339 e. The van der Waals surface area contributed by atoms with E-state index in [1.807, 2.05) is 22.8 Å². The fraction of sp³-hybridized carbons (Fsp3) is 0.0909. The van der Waals surface area contributed by atoms with Crippen LogP contribution in [0.15, 0.2) is 66.9 Å². The summed E-state index contributed by atoms with van der Waals surface area (Å²) in [5.41, 5.74) is 5.43. The largest absolute Gasteiger partial charge is 0.339 e. The van der Waals surface area contributed by atoms with Gasteiger partial charge in [-0.25, -0.2) is 9.50 Å². The number of aryl methyl sites for hydroxylation is 2. The van der Waals surface area contributed by atoms with E-state index in [-0.39, 0.29) is 0 Å². The predicted molar refractivity (Wildman–Crippen MR) is 113 cm³/mol. The van der Waals surface area contributed by atoms with Gasteiger partial charge in [0.05, 0.1) is 11.1 Å². The molecule has 5 aromatic rings. The van der Waals surface area contributed by atoms with Gasteiger partial charge >= 0.3 is 0 Å². The van der Waals surface area contributed by atoms with E-state index >= 15 is 0 Å². The molecule has 0 atom stereocenters. The van der Waals surface area contributed by atoms with E-state index in [9.17, 15) is 0 Å². The summed E-state index contributed by atoms with van der Waals surface area (Å²) in [6, 6.07) is 20.9. The highest BCUT2D eigenvalue weighted by Gasteiger charge is 2.11. The van der Waals surface area contributed by atoms with Gasteiger partial charge in [-0.2, -0.15) is 0 Å². The van der Waals surface area contributed by atoms with Gasteiger partial charge < -0.3 is 5.32 Å². The normalized spacial score (nSPS) is 11.3. The van der Waals surface area contributed by atoms with Crippen LogP contribution >= 0.6 is 11.3 Å². The smallest absolute Gasteiger partial charge is 0.154 e. The lowest BCUT2D eigenvalue weighted by Gasteiger charge is -2.08. The Labute approximate surface area is 161 Å². The summed E-state index contributed by atoms with van der Waals surface area (Å²) in [7, 11) is 0. The van der Waals surface area contributed by atoms with Crippen molar-refractivity contribution < 1.29 is 0 Å². The number of hydrogen-bond acceptors (Lipinski definition) is 4. The maximum Gasteiger partial charge on any atom is 0.154 e. The van der Waals surface area contributed by atoms with E-state index in [1.54, 1.807) is 11.3 Å². The van der Waals surface area contributed by atoms with Crippen LogP contribution in [0.25, 0.3) is 26.3 Å². The Bertz CT molecular complexity index is 1250. The first-order chi connectivity index (χ1) is 13.2. The van der Waals surface area contributed by atoms with Gasteiger partial charge in [0.1, 0.15) is 5.69 Å². The predicted octanol–water partition coefficient (Wildman–Crippen LogP) is 5.97. The molecule has 5 heteroatoms. The van der Waals surface area contributed by atoms with E-state index in [1.165, 1.54) is 26.1 Å². The van der Waals surface area contributed by atoms with Gasteiger partial charge in [0.25, 0.3) is 0 Å². The van der Waals surface area contributed by atoms with Crippen LogP contribution in [-0.2, 0) is 0 Å². The number of anilines is 2. The highest BCUT2D eigenvalue weighted by atomic mass is 32.1. The molecule has 3 aromatic heterocycles. The fourth-order valence-corrected chi connectivity index (χ4v) is 4.24. The SMILES string of the molecule is Cc1ccc(Nc2ccc3ncc(-c4cc5ccccc5s4)n3n2)cc1C. The lowest BCUT2D eigenvalue weighted by Crippen LogP contribution is -2.00. The van der Waals surface area contributed by atoms with Gasteiger partial charge in [0.15, 0.2) is 11.5 Å². The van der Waals surface area contributed by atoms with Crippen LogP contribution in [0, 0.1) is 13.8 Å². The molecule has 0 unspecified atom stereocenters. The standard InChI is InChI=1S/C22H18N4S/c1-14-7-8-17(11-15(14)2)24-21-9-10-22-23-13-18(26(22)25-21)20-12-16-5-3-4-6-19(16)27-20/h3-13H,1-2H3,(H,24,25). The number of nitrogens with zero attached hydrogens (tertiary/aromatic N) is 3. The summed E-state index contributed by atoms with van der Waals surface area (Å²) in [6.45, 7) is 4.23. The molecule has 3 heterocycles. The molecule has 5 rings (SSSR count). The zero-order valence-corrected chi connectivity index (χ0v) is 15.9. The van der Waals surface area contributed by atoms with Gasteiger partial charge in [-0.15, -0.1) is 16.4 Å². The molecule has 0 saturated carbocycles. The summed E-state index contributed by atoms with van der Waals surface area (Å²) >= 11 is 1.76. The number of benzene rings is 2. The van der Waals surface area contributed by atoms with Crippen LogP contribution in [0.5, 0.6) is 0 Å². The molecule has 4 nitrogen and oxygen atoms in total. The van der Waals surface area contributed by atoms with Crippen molar-refractivity contribution in [2.45, 2.75) is 13.8 Å². The number of imidazole rings is 1. The molecule has 1 N–H and O–H groups in total. The third kappa shape index (κ3) is 2.86. The lowest BCUT2D eigenvalue weighted by molar-refractivity contribution is 0.950. The summed E-state index contributed by atoms with van der Waals surface area (Å²) in [4.78, 5) is 5.68. The molecule has 0 aliphatic carbocycles. The Morgan fingerprint density at radius 2 is 1.81 bits per heavy atom. The Hall–Kier alpha value is -3.18. The molecule has 0 spiro atoms. The topological polar surface area (TPSA) is 42.2 Å². The Morgan fingerprint density at radius 1 is 0.926 bits per heavy atom. The highest BCUT2D eigenvalue weighted by Crippen LogP contribution is 2.33. The van der Waals surface area contributed by atoms with Crippen molar-refractivity contribution in [3.05, 3.63) is 78.0 Å². The van der Waals surface area contributed by atoms with Gasteiger partial charge in [-0.3, -0.25) is 0 Å². The van der Waals surface area contributed by atoms with Gasteiger partial charge in [-0.05, 0) is 66.8 Å². The van der Waals surface area contributed by atoms with Crippen molar-refractivity contribution >= 4 is 38.6 Å². The second kappa shape index (κ2) is 6.21. The Morgan fingerprint density at radius 3 is 2.67 bits per heavy atom. The van der Waals surface area contributed by atoms with Crippen molar-refractivity contribution in [1.82, 2.24) is 14.6 Å².